The molecule has 0 aliphatic heterocycles. The Kier molecular flexibility index (Phi) is 6.75. The summed E-state index contributed by atoms with van der Waals surface area (Å²) >= 11 is 1.12. The SMILES string of the molecule is C[C@H](NC(=O)c1ccccc1NC(=O)CSc1nnc(-c2ccco2)n1N)c1ccccc1. The van der Waals surface area contributed by atoms with Crippen LogP contribution in [0, 0.1) is 0 Å². The van der Waals surface area contributed by atoms with E-state index in [0.717, 1.165) is 17.3 Å². The molecule has 0 saturated heterocycles. The summed E-state index contributed by atoms with van der Waals surface area (Å²) in [6, 6.07) is 19.8. The molecule has 2 amide bonds. The van der Waals surface area contributed by atoms with Crippen LogP contribution in [0.5, 0.6) is 0 Å². The highest BCUT2D eigenvalue weighted by molar-refractivity contribution is 7.99. The van der Waals surface area contributed by atoms with Gasteiger partial charge in [0.15, 0.2) is 5.76 Å². The molecule has 4 rings (SSSR count). The number of hydrogen-bond donors (Lipinski definition) is 3. The highest BCUT2D eigenvalue weighted by Gasteiger charge is 2.18. The van der Waals surface area contributed by atoms with Crippen molar-refractivity contribution < 1.29 is 14.0 Å². The van der Waals surface area contributed by atoms with Crippen molar-refractivity contribution in [3.8, 4) is 11.6 Å². The van der Waals surface area contributed by atoms with E-state index in [1.807, 2.05) is 37.3 Å². The molecule has 9 nitrogen and oxygen atoms in total. The molecule has 2 heterocycles. The molecule has 2 aromatic heterocycles. The summed E-state index contributed by atoms with van der Waals surface area (Å²) in [7, 11) is 0. The second-order valence-electron chi connectivity index (χ2n) is 7.14. The van der Waals surface area contributed by atoms with E-state index in [2.05, 4.69) is 20.8 Å². The Hall–Kier alpha value is -4.05. The number of carbonyl (C=O) groups excluding carboxylic acids is 2. The zero-order valence-electron chi connectivity index (χ0n) is 17.8. The number of furan rings is 1. The maximum Gasteiger partial charge on any atom is 0.253 e. The summed E-state index contributed by atoms with van der Waals surface area (Å²) in [4.78, 5) is 25.4. The average molecular weight is 463 g/mol. The smallest absolute Gasteiger partial charge is 0.253 e. The standard InChI is InChI=1S/C23H22N6O3S/c1-15(16-8-3-2-4-9-16)25-22(31)17-10-5-6-11-18(17)26-20(30)14-33-23-28-27-21(29(23)24)19-12-7-13-32-19/h2-13,15H,14,24H2,1H3,(H,25,31)(H,26,30)/t15-/m0/s1. The monoisotopic (exact) mass is 462 g/mol. The third kappa shape index (κ3) is 5.24. The zero-order chi connectivity index (χ0) is 23.2. The van der Waals surface area contributed by atoms with E-state index in [1.54, 1.807) is 36.4 Å². The molecule has 2 aromatic carbocycles. The van der Waals surface area contributed by atoms with Gasteiger partial charge in [0, 0.05) is 0 Å². The van der Waals surface area contributed by atoms with E-state index < -0.39 is 0 Å². The fourth-order valence-electron chi connectivity index (χ4n) is 3.16. The van der Waals surface area contributed by atoms with Crippen molar-refractivity contribution in [3.05, 3.63) is 84.1 Å². The summed E-state index contributed by atoms with van der Waals surface area (Å²) in [6.07, 6.45) is 1.51. The van der Waals surface area contributed by atoms with Crippen molar-refractivity contribution in [3.63, 3.8) is 0 Å². The number of anilines is 1. The third-order valence-electron chi connectivity index (χ3n) is 4.83. The Balaban J connectivity index is 1.38. The molecule has 168 valence electrons. The van der Waals surface area contributed by atoms with Crippen molar-refractivity contribution >= 4 is 29.3 Å². The molecule has 0 bridgehead atoms. The molecule has 10 heteroatoms. The predicted octanol–water partition coefficient (Wildman–Crippen LogP) is 3.47. The first-order valence-corrected chi connectivity index (χ1v) is 11.1. The molecule has 4 N–H and O–H groups in total. The third-order valence-corrected chi connectivity index (χ3v) is 5.77. The highest BCUT2D eigenvalue weighted by atomic mass is 32.2. The molecular weight excluding hydrogens is 440 g/mol. The molecule has 0 fully saturated rings. The van der Waals surface area contributed by atoms with Gasteiger partial charge in [-0.2, -0.15) is 0 Å². The first-order valence-electron chi connectivity index (χ1n) is 10.1. The number of aromatic nitrogens is 3. The molecule has 0 aliphatic carbocycles. The van der Waals surface area contributed by atoms with Gasteiger partial charge in [-0.25, -0.2) is 4.68 Å². The van der Waals surface area contributed by atoms with Gasteiger partial charge in [-0.15, -0.1) is 10.2 Å². The minimum absolute atomic E-state index is 0.0316. The first kappa shape index (κ1) is 22.2. The summed E-state index contributed by atoms with van der Waals surface area (Å²) in [5, 5.41) is 14.1. The molecule has 33 heavy (non-hydrogen) atoms. The molecule has 4 aromatic rings. The van der Waals surface area contributed by atoms with Gasteiger partial charge in [-0.05, 0) is 36.8 Å². The van der Waals surface area contributed by atoms with E-state index in [0.29, 0.717) is 28.0 Å². The van der Waals surface area contributed by atoms with Gasteiger partial charge < -0.3 is 20.9 Å². The minimum atomic E-state index is -0.307. The Bertz CT molecular complexity index is 1240. The lowest BCUT2D eigenvalue weighted by molar-refractivity contribution is -0.113. The van der Waals surface area contributed by atoms with E-state index >= 15 is 0 Å². The van der Waals surface area contributed by atoms with Gasteiger partial charge in [0.1, 0.15) is 0 Å². The maximum atomic E-state index is 12.9. The van der Waals surface area contributed by atoms with Gasteiger partial charge >= 0.3 is 0 Å². The van der Waals surface area contributed by atoms with Crippen molar-refractivity contribution in [1.82, 2.24) is 20.2 Å². The van der Waals surface area contributed by atoms with Gasteiger partial charge in [0.25, 0.3) is 5.91 Å². The number of nitrogens with two attached hydrogens (primary N) is 1. The van der Waals surface area contributed by atoms with Crippen LogP contribution in [0.1, 0.15) is 28.9 Å². The summed E-state index contributed by atoms with van der Waals surface area (Å²) < 4.78 is 6.55. The van der Waals surface area contributed by atoms with E-state index in [9.17, 15) is 9.59 Å². The van der Waals surface area contributed by atoms with Crippen molar-refractivity contribution in [2.75, 3.05) is 16.9 Å². The predicted molar refractivity (Wildman–Crippen MR) is 126 cm³/mol. The molecule has 0 radical (unpaired) electrons. The second kappa shape index (κ2) is 10.0. The topological polar surface area (TPSA) is 128 Å². The van der Waals surface area contributed by atoms with Crippen LogP contribution in [-0.4, -0.2) is 32.4 Å². The normalized spacial score (nSPS) is 11.7. The number of amides is 2. The fourth-order valence-corrected chi connectivity index (χ4v) is 3.81. The van der Waals surface area contributed by atoms with Crippen LogP contribution in [-0.2, 0) is 4.79 Å². The van der Waals surface area contributed by atoms with Gasteiger partial charge in [0.2, 0.25) is 16.9 Å². The molecule has 1 atom stereocenters. The Morgan fingerprint density at radius 3 is 2.58 bits per heavy atom. The molecule has 0 aliphatic rings. The van der Waals surface area contributed by atoms with Crippen LogP contribution < -0.4 is 16.5 Å². The van der Waals surface area contributed by atoms with Crippen LogP contribution in [0.15, 0.2) is 82.6 Å². The number of nitrogens with one attached hydrogen (secondary N) is 2. The van der Waals surface area contributed by atoms with Gasteiger partial charge in [-0.3, -0.25) is 9.59 Å². The number of rotatable bonds is 8. The average Bonchev–Trinajstić information content (AvgIpc) is 3.48. The largest absolute Gasteiger partial charge is 0.461 e. The maximum absolute atomic E-state index is 12.9. The van der Waals surface area contributed by atoms with Crippen LogP contribution >= 0.6 is 11.8 Å². The summed E-state index contributed by atoms with van der Waals surface area (Å²) in [5.74, 6) is 6.30. The van der Waals surface area contributed by atoms with Crippen molar-refractivity contribution in [2.24, 2.45) is 0 Å². The highest BCUT2D eigenvalue weighted by Crippen LogP contribution is 2.23. The number of nitrogen functional groups attached to an aromatic ring is 1. The molecule has 0 saturated carbocycles. The Labute approximate surface area is 194 Å². The first-order chi connectivity index (χ1) is 16.0. The zero-order valence-corrected chi connectivity index (χ0v) is 18.6. The number of benzene rings is 2. The number of hydrogen-bond acceptors (Lipinski definition) is 7. The number of para-hydroxylation sites is 1. The van der Waals surface area contributed by atoms with E-state index in [1.165, 1.54) is 10.9 Å². The van der Waals surface area contributed by atoms with Crippen molar-refractivity contribution in [1.29, 1.82) is 0 Å². The Morgan fingerprint density at radius 2 is 1.82 bits per heavy atom. The molecule has 0 spiro atoms. The Morgan fingerprint density at radius 1 is 1.06 bits per heavy atom. The lowest BCUT2D eigenvalue weighted by Crippen LogP contribution is -2.28. The number of carbonyl (C=O) groups is 2. The van der Waals surface area contributed by atoms with Gasteiger partial charge in [0.05, 0.1) is 29.3 Å². The number of nitrogens with zero attached hydrogens (tertiary/aromatic N) is 3. The fraction of sp³-hybridized carbons (Fsp3) is 0.130. The summed E-state index contributed by atoms with van der Waals surface area (Å²) in [6.45, 7) is 1.91. The summed E-state index contributed by atoms with van der Waals surface area (Å²) in [5.41, 5.74) is 1.79. The van der Waals surface area contributed by atoms with E-state index in [-0.39, 0.29) is 23.6 Å². The lowest BCUT2D eigenvalue weighted by atomic mass is 10.1. The van der Waals surface area contributed by atoms with Crippen LogP contribution in [0.25, 0.3) is 11.6 Å². The quantitative estimate of drug-likeness (QED) is 0.270. The van der Waals surface area contributed by atoms with Crippen LogP contribution in [0.3, 0.4) is 0 Å². The van der Waals surface area contributed by atoms with Crippen molar-refractivity contribution in [2.45, 2.75) is 18.1 Å². The minimum Gasteiger partial charge on any atom is -0.461 e. The van der Waals surface area contributed by atoms with Crippen LogP contribution in [0.2, 0.25) is 0 Å². The van der Waals surface area contributed by atoms with Gasteiger partial charge in [-0.1, -0.05) is 54.2 Å². The lowest BCUT2D eigenvalue weighted by Gasteiger charge is -2.16. The second-order valence-corrected chi connectivity index (χ2v) is 8.08. The van der Waals surface area contributed by atoms with E-state index in [4.69, 9.17) is 10.3 Å². The molecular formula is C23H22N6O3S. The van der Waals surface area contributed by atoms with Crippen LogP contribution in [0.4, 0.5) is 5.69 Å². The number of thioether (sulfide) groups is 1. The molecule has 0 unspecified atom stereocenters.